The Morgan fingerprint density at radius 3 is 2.48 bits per heavy atom. The predicted octanol–water partition coefficient (Wildman–Crippen LogP) is 3.52. The zero-order chi connectivity index (χ0) is 38.5. The number of imide groups is 1. The molecule has 2 bridgehead atoms. The highest BCUT2D eigenvalue weighted by atomic mass is 16.3. The Balaban J connectivity index is 0.828. The highest BCUT2D eigenvalue weighted by molar-refractivity contribution is 6.00. The van der Waals surface area contributed by atoms with Crippen molar-refractivity contribution in [3.05, 3.63) is 82.5 Å². The molecular weight excluding hydrogens is 711 g/mol. The third-order valence-electron chi connectivity index (χ3n) is 12.3. The van der Waals surface area contributed by atoms with Crippen LogP contribution < -0.4 is 26.5 Å². The zero-order valence-electron chi connectivity index (χ0n) is 31.5. The van der Waals surface area contributed by atoms with Crippen molar-refractivity contribution in [2.75, 3.05) is 48.3 Å². The first kappa shape index (κ1) is 35.8. The monoisotopic (exact) mass is 757 g/mol. The number of nitrogens with one attached hydrogen (secondary N) is 1. The number of anilines is 3. The number of phenols is 1. The molecule has 4 fully saturated rings. The van der Waals surface area contributed by atoms with Crippen molar-refractivity contribution in [1.82, 2.24) is 39.5 Å². The van der Waals surface area contributed by atoms with Crippen molar-refractivity contribution >= 4 is 40.3 Å². The molecule has 4 unspecified atom stereocenters. The van der Waals surface area contributed by atoms with E-state index >= 15 is 0 Å². The first-order chi connectivity index (χ1) is 27.2. The largest absolute Gasteiger partial charge is 0.507 e. The number of nitrogens with two attached hydrogens (primary N) is 1. The van der Waals surface area contributed by atoms with E-state index in [0.29, 0.717) is 29.4 Å². The van der Waals surface area contributed by atoms with E-state index in [2.05, 4.69) is 36.3 Å². The molecule has 2 aromatic carbocycles. The smallest absolute Gasteiger partial charge is 0.329 e. The normalized spacial score (nSPS) is 22.9. The molecule has 0 spiro atoms. The number of aromatic hydroxyl groups is 1. The summed E-state index contributed by atoms with van der Waals surface area (Å²) in [4.78, 5) is 54.9. The number of nitrogen functional groups attached to an aromatic ring is 1. The Kier molecular flexibility index (Phi) is 9.39. The van der Waals surface area contributed by atoms with Crippen LogP contribution in [0.4, 0.5) is 17.5 Å². The topological polar surface area (TPSA) is 181 Å². The van der Waals surface area contributed by atoms with E-state index < -0.39 is 11.9 Å². The van der Waals surface area contributed by atoms with Gasteiger partial charge in [0, 0.05) is 63.1 Å². The second-order valence-electron chi connectivity index (χ2n) is 15.7. The number of amides is 2. The van der Waals surface area contributed by atoms with E-state index in [1.54, 1.807) is 28.3 Å². The van der Waals surface area contributed by atoms with Gasteiger partial charge in [-0.1, -0.05) is 24.3 Å². The Hall–Kier alpha value is -5.83. The van der Waals surface area contributed by atoms with Gasteiger partial charge in [-0.05, 0) is 99.3 Å². The van der Waals surface area contributed by atoms with Crippen LogP contribution in [-0.2, 0) is 23.1 Å². The lowest BCUT2D eigenvalue weighted by Gasteiger charge is -2.42. The SMILES string of the molecule is Cn1c(=O)n(C2CCC(=O)NC2=O)c2cccc(CCCN3CCCC(c4cnc(N5C6CCC5CN(c5cc(-c7ccccc7O)nnc5N)C6)nc4)C3)c21. The lowest BCUT2D eigenvalue weighted by Crippen LogP contribution is -2.54. The molecule has 4 aliphatic heterocycles. The van der Waals surface area contributed by atoms with E-state index in [1.807, 2.05) is 42.7 Å². The number of likely N-dealkylation sites (tertiary alicyclic amines) is 1. The van der Waals surface area contributed by atoms with Gasteiger partial charge < -0.3 is 25.5 Å². The summed E-state index contributed by atoms with van der Waals surface area (Å²) in [6.07, 6.45) is 10.6. The minimum atomic E-state index is -0.690. The number of rotatable bonds is 9. The fourth-order valence-electron chi connectivity index (χ4n) is 9.54. The van der Waals surface area contributed by atoms with Gasteiger partial charge in [-0.3, -0.25) is 24.0 Å². The van der Waals surface area contributed by atoms with Crippen LogP contribution in [0, 0.1) is 0 Å². The van der Waals surface area contributed by atoms with E-state index in [0.717, 1.165) is 99.5 Å². The number of benzene rings is 2. The molecule has 56 heavy (non-hydrogen) atoms. The van der Waals surface area contributed by atoms with Crippen LogP contribution >= 0.6 is 0 Å². The zero-order valence-corrected chi connectivity index (χ0v) is 31.5. The van der Waals surface area contributed by atoms with Crippen LogP contribution in [0.5, 0.6) is 5.75 Å². The van der Waals surface area contributed by atoms with Crippen LogP contribution in [-0.4, -0.2) is 95.9 Å². The maximum atomic E-state index is 13.4. The molecule has 7 heterocycles. The molecule has 9 rings (SSSR count). The third kappa shape index (κ3) is 6.52. The summed E-state index contributed by atoms with van der Waals surface area (Å²) in [6.45, 7) is 4.47. The highest BCUT2D eigenvalue weighted by Crippen LogP contribution is 2.38. The molecule has 3 aromatic heterocycles. The summed E-state index contributed by atoms with van der Waals surface area (Å²) < 4.78 is 3.20. The molecule has 2 amide bonds. The van der Waals surface area contributed by atoms with Gasteiger partial charge in [-0.15, -0.1) is 10.2 Å². The fraction of sp³-hybridized carbons (Fsp3) is 0.439. The van der Waals surface area contributed by atoms with Gasteiger partial charge in [0.25, 0.3) is 0 Å². The summed E-state index contributed by atoms with van der Waals surface area (Å²) >= 11 is 0. The van der Waals surface area contributed by atoms with Crippen LogP contribution in [0.3, 0.4) is 0 Å². The van der Waals surface area contributed by atoms with Crippen molar-refractivity contribution in [2.45, 2.75) is 75.4 Å². The van der Waals surface area contributed by atoms with Crippen LogP contribution in [0.2, 0.25) is 0 Å². The van der Waals surface area contributed by atoms with E-state index in [9.17, 15) is 19.5 Å². The Morgan fingerprint density at radius 2 is 1.71 bits per heavy atom. The second-order valence-corrected chi connectivity index (χ2v) is 15.7. The molecule has 4 saturated heterocycles. The van der Waals surface area contributed by atoms with Crippen molar-refractivity contribution in [3.8, 4) is 17.0 Å². The number of hydrogen-bond acceptors (Lipinski definition) is 12. The molecule has 0 aliphatic carbocycles. The van der Waals surface area contributed by atoms with Gasteiger partial charge in [-0.25, -0.2) is 14.8 Å². The first-order valence-electron chi connectivity index (χ1n) is 19.7. The lowest BCUT2D eigenvalue weighted by atomic mass is 9.92. The van der Waals surface area contributed by atoms with Gasteiger partial charge in [0.2, 0.25) is 17.8 Å². The number of carbonyl (C=O) groups is 2. The fourth-order valence-corrected chi connectivity index (χ4v) is 9.54. The molecule has 15 heteroatoms. The number of nitrogens with zero attached hydrogens (tertiary/aromatic N) is 9. The first-order valence-corrected chi connectivity index (χ1v) is 19.7. The Labute approximate surface area is 324 Å². The van der Waals surface area contributed by atoms with Crippen LogP contribution in [0.25, 0.3) is 22.3 Å². The van der Waals surface area contributed by atoms with E-state index in [1.165, 1.54) is 5.56 Å². The number of fused-ring (bicyclic) bond motifs is 3. The predicted molar refractivity (Wildman–Crippen MR) is 212 cm³/mol. The number of imidazole rings is 1. The summed E-state index contributed by atoms with van der Waals surface area (Å²) in [5.41, 5.74) is 12.0. The van der Waals surface area contributed by atoms with Crippen LogP contribution in [0.15, 0.2) is 65.7 Å². The average molecular weight is 758 g/mol. The Bertz CT molecular complexity index is 2340. The molecule has 4 N–H and O–H groups in total. The molecular formula is C41H47N11O4. The van der Waals surface area contributed by atoms with Crippen molar-refractivity contribution < 1.29 is 14.7 Å². The molecule has 4 aliphatic rings. The highest BCUT2D eigenvalue weighted by Gasteiger charge is 2.42. The van der Waals surface area contributed by atoms with E-state index in [-0.39, 0.29) is 35.9 Å². The number of aromatic nitrogens is 6. The number of piperidine rings is 2. The molecule has 0 radical (unpaired) electrons. The summed E-state index contributed by atoms with van der Waals surface area (Å²) in [5.74, 6) is 0.961. The number of carbonyl (C=O) groups excluding carboxylic acids is 2. The summed E-state index contributed by atoms with van der Waals surface area (Å²) in [5, 5.41) is 21.3. The molecule has 290 valence electrons. The second kappa shape index (κ2) is 14.7. The standard InChI is InChI=1S/C41H47N11O4/c1-48-37-25(7-4-11-32(37)52(41(48)56)33-15-16-36(54)45-39(33)55)8-5-17-49-18-6-9-26(22-49)27-20-43-40(44-21-27)51-28-13-14-29(51)24-50(23-28)34-19-31(46-47-38(34)42)30-10-2-3-12-35(30)53/h2-4,7,10-12,19-21,26,28-29,33,53H,5-6,8-9,13-18,22-24H2,1H3,(H2,42,47)(H,45,54,55). The summed E-state index contributed by atoms with van der Waals surface area (Å²) in [6, 6.07) is 14.8. The molecule has 4 atom stereocenters. The minimum absolute atomic E-state index is 0.158. The van der Waals surface area contributed by atoms with Gasteiger partial charge in [0.1, 0.15) is 11.8 Å². The quantitative estimate of drug-likeness (QED) is 0.187. The van der Waals surface area contributed by atoms with Gasteiger partial charge in [-0.2, -0.15) is 0 Å². The van der Waals surface area contributed by atoms with Gasteiger partial charge in [0.05, 0.1) is 22.4 Å². The minimum Gasteiger partial charge on any atom is -0.507 e. The average Bonchev–Trinajstić information content (AvgIpc) is 3.62. The maximum Gasteiger partial charge on any atom is 0.329 e. The van der Waals surface area contributed by atoms with Gasteiger partial charge in [0.15, 0.2) is 5.82 Å². The van der Waals surface area contributed by atoms with Gasteiger partial charge >= 0.3 is 5.69 Å². The van der Waals surface area contributed by atoms with Crippen molar-refractivity contribution in [2.24, 2.45) is 7.05 Å². The number of piperazine rings is 1. The van der Waals surface area contributed by atoms with E-state index in [4.69, 9.17) is 15.7 Å². The number of phenolic OH excluding ortho intramolecular Hbond substituents is 1. The maximum absolute atomic E-state index is 13.4. The number of aryl methyl sites for hydroxylation is 2. The number of para-hydroxylation sites is 2. The lowest BCUT2D eigenvalue weighted by molar-refractivity contribution is -0.135. The summed E-state index contributed by atoms with van der Waals surface area (Å²) in [7, 11) is 1.76. The Morgan fingerprint density at radius 1 is 0.929 bits per heavy atom. The molecule has 15 nitrogen and oxygen atoms in total. The molecule has 0 saturated carbocycles. The van der Waals surface area contributed by atoms with Crippen molar-refractivity contribution in [3.63, 3.8) is 0 Å². The number of hydrogen-bond donors (Lipinski definition) is 3. The van der Waals surface area contributed by atoms with Crippen molar-refractivity contribution in [1.29, 1.82) is 0 Å². The third-order valence-corrected chi connectivity index (χ3v) is 12.3. The molecule has 5 aromatic rings. The van der Waals surface area contributed by atoms with Crippen LogP contribution in [0.1, 0.15) is 68.0 Å².